The number of hydroxylamine groups is 2. The Labute approximate surface area is 125 Å². The van der Waals surface area contributed by atoms with Crippen molar-refractivity contribution in [3.8, 4) is 0 Å². The van der Waals surface area contributed by atoms with E-state index in [4.69, 9.17) is 9.57 Å². The van der Waals surface area contributed by atoms with Gasteiger partial charge < -0.3 is 4.74 Å². The number of ether oxygens (including phenoxy) is 1. The van der Waals surface area contributed by atoms with Crippen LogP contribution >= 0.6 is 0 Å². The fourth-order valence-electron chi connectivity index (χ4n) is 3.44. The van der Waals surface area contributed by atoms with Gasteiger partial charge in [-0.1, -0.05) is 51.2 Å². The van der Waals surface area contributed by atoms with Gasteiger partial charge in [-0.15, -0.1) is 0 Å². The second-order valence-electron chi connectivity index (χ2n) is 6.07. The van der Waals surface area contributed by atoms with Crippen molar-refractivity contribution >= 4 is 11.8 Å². The first-order valence-corrected chi connectivity index (χ1v) is 8.08. The van der Waals surface area contributed by atoms with E-state index in [-0.39, 0.29) is 35.9 Å². The molecule has 2 bridgehead atoms. The first kappa shape index (κ1) is 14.7. The number of unbranched alkanes of at least 4 members (excludes halogenated alkanes) is 5. The minimum absolute atomic E-state index is 0.229. The molecular weight excluding hydrogens is 270 g/mol. The summed E-state index contributed by atoms with van der Waals surface area (Å²) >= 11 is 0. The molecule has 0 aromatic heterocycles. The van der Waals surface area contributed by atoms with E-state index in [2.05, 4.69) is 6.92 Å². The van der Waals surface area contributed by atoms with Crippen LogP contribution in [0.2, 0.25) is 0 Å². The first-order valence-electron chi connectivity index (χ1n) is 8.08. The van der Waals surface area contributed by atoms with Crippen LogP contribution in [0, 0.1) is 11.8 Å². The molecule has 5 nitrogen and oxygen atoms in total. The van der Waals surface area contributed by atoms with Crippen molar-refractivity contribution in [3.05, 3.63) is 12.2 Å². The molecule has 2 amide bonds. The average Bonchev–Trinajstić information content (AvgIpc) is 3.15. The van der Waals surface area contributed by atoms with Crippen LogP contribution in [0.15, 0.2) is 12.2 Å². The number of imide groups is 1. The average molecular weight is 293 g/mol. The van der Waals surface area contributed by atoms with Crippen LogP contribution in [-0.2, 0) is 19.2 Å². The molecule has 0 aromatic carbocycles. The van der Waals surface area contributed by atoms with Gasteiger partial charge in [0.25, 0.3) is 11.8 Å². The van der Waals surface area contributed by atoms with Crippen LogP contribution in [-0.4, -0.2) is 35.7 Å². The Morgan fingerprint density at radius 1 is 1.00 bits per heavy atom. The van der Waals surface area contributed by atoms with Crippen molar-refractivity contribution in [2.75, 3.05) is 6.61 Å². The van der Waals surface area contributed by atoms with Gasteiger partial charge in [0.2, 0.25) is 0 Å². The summed E-state index contributed by atoms with van der Waals surface area (Å²) in [6.07, 6.45) is 10.2. The van der Waals surface area contributed by atoms with Gasteiger partial charge in [-0.2, -0.15) is 5.06 Å². The molecule has 0 saturated carbocycles. The maximum atomic E-state index is 12.3. The van der Waals surface area contributed by atoms with Crippen molar-refractivity contribution in [1.29, 1.82) is 0 Å². The quantitative estimate of drug-likeness (QED) is 0.391. The van der Waals surface area contributed by atoms with E-state index in [1.165, 1.54) is 25.7 Å². The third kappa shape index (κ3) is 2.64. The van der Waals surface area contributed by atoms with Gasteiger partial charge in [-0.3, -0.25) is 14.4 Å². The van der Waals surface area contributed by atoms with Gasteiger partial charge in [-0.05, 0) is 6.42 Å². The molecule has 5 heteroatoms. The number of carbonyl (C=O) groups excluding carboxylic acids is 2. The Morgan fingerprint density at radius 2 is 1.57 bits per heavy atom. The Balaban J connectivity index is 1.43. The molecule has 21 heavy (non-hydrogen) atoms. The van der Waals surface area contributed by atoms with Crippen LogP contribution in [0.4, 0.5) is 0 Å². The van der Waals surface area contributed by atoms with E-state index in [1.54, 1.807) is 0 Å². The van der Waals surface area contributed by atoms with Crippen molar-refractivity contribution in [2.24, 2.45) is 11.8 Å². The summed E-state index contributed by atoms with van der Waals surface area (Å²) in [7, 11) is 0. The van der Waals surface area contributed by atoms with Crippen LogP contribution < -0.4 is 0 Å². The molecule has 116 valence electrons. The van der Waals surface area contributed by atoms with Crippen LogP contribution in [0.5, 0.6) is 0 Å². The number of carbonyl (C=O) groups is 2. The highest BCUT2D eigenvalue weighted by Gasteiger charge is 2.61. The van der Waals surface area contributed by atoms with E-state index < -0.39 is 0 Å². The normalized spacial score (nSPS) is 33.3. The van der Waals surface area contributed by atoms with E-state index >= 15 is 0 Å². The summed E-state index contributed by atoms with van der Waals surface area (Å²) in [6.45, 7) is 2.63. The molecule has 3 heterocycles. The lowest BCUT2D eigenvalue weighted by molar-refractivity contribution is -0.192. The maximum Gasteiger partial charge on any atom is 0.260 e. The summed E-state index contributed by atoms with van der Waals surface area (Å²) in [4.78, 5) is 30.0. The molecule has 0 aliphatic carbocycles. The highest BCUT2D eigenvalue weighted by molar-refractivity contribution is 6.05. The molecule has 0 unspecified atom stereocenters. The fourth-order valence-corrected chi connectivity index (χ4v) is 3.44. The molecule has 4 atom stereocenters. The maximum absolute atomic E-state index is 12.3. The summed E-state index contributed by atoms with van der Waals surface area (Å²) in [5, 5.41) is 0.997. The van der Waals surface area contributed by atoms with Gasteiger partial charge in [-0.25, -0.2) is 0 Å². The zero-order valence-electron chi connectivity index (χ0n) is 12.5. The Hall–Kier alpha value is -1.20. The van der Waals surface area contributed by atoms with Gasteiger partial charge in [0, 0.05) is 0 Å². The topological polar surface area (TPSA) is 55.8 Å². The summed E-state index contributed by atoms with van der Waals surface area (Å²) in [6, 6.07) is 0. The third-order valence-corrected chi connectivity index (χ3v) is 4.59. The van der Waals surface area contributed by atoms with Crippen molar-refractivity contribution in [2.45, 2.75) is 57.7 Å². The van der Waals surface area contributed by atoms with Gasteiger partial charge in [0.1, 0.15) is 0 Å². The number of hydrogen-bond acceptors (Lipinski definition) is 4. The molecular formula is C16H23NO4. The minimum atomic E-state index is -0.364. The molecule has 0 spiro atoms. The molecule has 2 saturated heterocycles. The SMILES string of the molecule is CCCCCCCCON1C(=O)[C@@H]2[C@@H](C1=O)[C@H]1C=C[C@H]2O1. The second-order valence-corrected chi connectivity index (χ2v) is 6.07. The van der Waals surface area contributed by atoms with Gasteiger partial charge in [0.15, 0.2) is 0 Å². The highest BCUT2D eigenvalue weighted by Crippen LogP contribution is 2.45. The lowest BCUT2D eigenvalue weighted by atomic mass is 9.85. The predicted molar refractivity (Wildman–Crippen MR) is 76.0 cm³/mol. The second kappa shape index (κ2) is 6.28. The number of fused-ring (bicyclic) bond motifs is 5. The Kier molecular flexibility index (Phi) is 4.40. The molecule has 0 radical (unpaired) electrons. The Morgan fingerprint density at radius 3 is 2.19 bits per heavy atom. The predicted octanol–water partition coefficient (Wildman–Crippen LogP) is 2.22. The van der Waals surface area contributed by atoms with Crippen molar-refractivity contribution < 1.29 is 19.2 Å². The zero-order chi connectivity index (χ0) is 14.8. The molecule has 3 rings (SSSR count). The van der Waals surface area contributed by atoms with E-state index in [0.717, 1.165) is 17.9 Å². The highest BCUT2D eigenvalue weighted by atomic mass is 16.7. The lowest BCUT2D eigenvalue weighted by Gasteiger charge is -2.16. The van der Waals surface area contributed by atoms with Crippen molar-refractivity contribution in [3.63, 3.8) is 0 Å². The van der Waals surface area contributed by atoms with Crippen LogP contribution in [0.1, 0.15) is 45.4 Å². The largest absolute Gasteiger partial charge is 0.365 e. The zero-order valence-corrected chi connectivity index (χ0v) is 12.5. The third-order valence-electron chi connectivity index (χ3n) is 4.59. The summed E-state index contributed by atoms with van der Waals surface area (Å²) in [5.41, 5.74) is 0. The molecule has 0 N–H and O–H groups in total. The van der Waals surface area contributed by atoms with Crippen molar-refractivity contribution in [1.82, 2.24) is 5.06 Å². The van der Waals surface area contributed by atoms with Gasteiger partial charge in [0.05, 0.1) is 30.7 Å². The lowest BCUT2D eigenvalue weighted by Crippen LogP contribution is -2.34. The molecule has 3 aliphatic rings. The number of amides is 2. The van der Waals surface area contributed by atoms with Crippen LogP contribution in [0.25, 0.3) is 0 Å². The number of hydrogen-bond donors (Lipinski definition) is 0. The van der Waals surface area contributed by atoms with Crippen LogP contribution in [0.3, 0.4) is 0 Å². The van der Waals surface area contributed by atoms with E-state index in [9.17, 15) is 9.59 Å². The van der Waals surface area contributed by atoms with Gasteiger partial charge >= 0.3 is 0 Å². The first-order chi connectivity index (χ1) is 10.2. The fraction of sp³-hybridized carbons (Fsp3) is 0.750. The number of nitrogens with zero attached hydrogens (tertiary/aromatic N) is 1. The van der Waals surface area contributed by atoms with E-state index in [1.807, 2.05) is 12.2 Å². The number of rotatable bonds is 8. The molecule has 0 aromatic rings. The monoisotopic (exact) mass is 293 g/mol. The smallest absolute Gasteiger partial charge is 0.260 e. The molecule has 2 fully saturated rings. The van der Waals surface area contributed by atoms with E-state index in [0.29, 0.717) is 6.61 Å². The Bertz CT molecular complexity index is 418. The summed E-state index contributed by atoms with van der Waals surface area (Å²) in [5.74, 6) is -1.19. The molecule has 3 aliphatic heterocycles. The summed E-state index contributed by atoms with van der Waals surface area (Å²) < 4.78 is 5.57. The standard InChI is InChI=1S/C16H23NO4/c1-2-3-4-5-6-7-10-20-17-15(18)13-11-8-9-12(21-11)14(13)16(17)19/h8-9,11-14H,2-7,10H2,1H3/t11-,12-,13+,14+/m1/s1. The minimum Gasteiger partial charge on any atom is -0.365 e.